The largest absolute Gasteiger partial charge is 0.435 e. The number of alkyl halides is 2. The number of hydrogen-bond acceptors (Lipinski definition) is 5. The smallest absolute Gasteiger partial charge is 0.387 e. The summed E-state index contributed by atoms with van der Waals surface area (Å²) in [5, 5.41) is 3.29. The number of halogens is 3. The minimum absolute atomic E-state index is 0.121. The fourth-order valence-electron chi connectivity index (χ4n) is 2.37. The molecule has 0 saturated heterocycles. The number of rotatable bonds is 8. The van der Waals surface area contributed by atoms with Gasteiger partial charge < -0.3 is 4.74 Å². The minimum atomic E-state index is -3.85. The topological polar surface area (TPSA) is 68.3 Å². The lowest BCUT2D eigenvalue weighted by molar-refractivity contribution is -0.0499. The fourth-order valence-corrected chi connectivity index (χ4v) is 4.37. The lowest BCUT2D eigenvalue weighted by Crippen LogP contribution is -2.26. The van der Waals surface area contributed by atoms with Crippen molar-refractivity contribution < 1.29 is 21.9 Å². The summed E-state index contributed by atoms with van der Waals surface area (Å²) in [7, 11) is -3.85. The van der Waals surface area contributed by atoms with E-state index >= 15 is 0 Å². The van der Waals surface area contributed by atoms with E-state index in [1.54, 1.807) is 12.1 Å². The van der Waals surface area contributed by atoms with Crippen molar-refractivity contribution >= 4 is 33.0 Å². The molecule has 3 aromatic rings. The molecule has 28 heavy (non-hydrogen) atoms. The molecule has 1 heterocycles. The highest BCUT2D eigenvalue weighted by Crippen LogP contribution is 2.24. The Morgan fingerprint density at radius 1 is 1.18 bits per heavy atom. The first kappa shape index (κ1) is 20.7. The Morgan fingerprint density at radius 2 is 1.93 bits per heavy atom. The van der Waals surface area contributed by atoms with E-state index in [-0.39, 0.29) is 17.2 Å². The summed E-state index contributed by atoms with van der Waals surface area (Å²) in [6.07, 6.45) is 0.394. The summed E-state index contributed by atoms with van der Waals surface area (Å²) in [5.41, 5.74) is 1.71. The molecule has 0 aliphatic heterocycles. The summed E-state index contributed by atoms with van der Waals surface area (Å²) in [5.74, 6) is -0.217. The molecule has 1 aromatic heterocycles. The highest BCUT2D eigenvalue weighted by molar-refractivity contribution is 7.89. The lowest BCUT2D eigenvalue weighted by atomic mass is 10.2. The SMILES string of the molecule is O=S(=O)(NCCc1nc(-c2ccc(Cl)cc2)cs1)c1cccc(OC(F)F)c1. The van der Waals surface area contributed by atoms with Gasteiger partial charge in [-0.3, -0.25) is 0 Å². The summed E-state index contributed by atoms with van der Waals surface area (Å²) < 4.78 is 55.9. The van der Waals surface area contributed by atoms with E-state index in [0.29, 0.717) is 11.4 Å². The van der Waals surface area contributed by atoms with E-state index in [0.717, 1.165) is 22.3 Å². The molecule has 148 valence electrons. The predicted molar refractivity (Wildman–Crippen MR) is 105 cm³/mol. The van der Waals surface area contributed by atoms with Gasteiger partial charge in [-0.05, 0) is 24.3 Å². The highest BCUT2D eigenvalue weighted by atomic mass is 35.5. The van der Waals surface area contributed by atoms with E-state index in [9.17, 15) is 17.2 Å². The normalized spacial score (nSPS) is 11.7. The molecule has 10 heteroatoms. The molecular weight excluding hydrogens is 430 g/mol. The second-order valence-electron chi connectivity index (χ2n) is 5.63. The summed E-state index contributed by atoms with van der Waals surface area (Å²) in [6, 6.07) is 12.2. The van der Waals surface area contributed by atoms with Gasteiger partial charge in [-0.2, -0.15) is 8.78 Å². The van der Waals surface area contributed by atoms with Crippen LogP contribution < -0.4 is 9.46 Å². The van der Waals surface area contributed by atoms with Crippen molar-refractivity contribution in [1.29, 1.82) is 0 Å². The Kier molecular flexibility index (Phi) is 6.61. The molecule has 0 atom stereocenters. The zero-order valence-corrected chi connectivity index (χ0v) is 16.7. The fraction of sp³-hybridized carbons (Fsp3) is 0.167. The Morgan fingerprint density at radius 3 is 2.64 bits per heavy atom. The second-order valence-corrected chi connectivity index (χ2v) is 8.78. The monoisotopic (exact) mass is 444 g/mol. The van der Waals surface area contributed by atoms with Crippen LogP contribution in [0.25, 0.3) is 11.3 Å². The predicted octanol–water partition coefficient (Wildman–Crippen LogP) is 4.59. The Labute approximate surface area is 170 Å². The van der Waals surface area contributed by atoms with Crippen LogP contribution in [-0.4, -0.2) is 26.6 Å². The average molecular weight is 445 g/mol. The second kappa shape index (κ2) is 8.95. The van der Waals surface area contributed by atoms with Gasteiger partial charge in [0.15, 0.2) is 0 Å². The summed E-state index contributed by atoms with van der Waals surface area (Å²) >= 11 is 7.29. The molecule has 0 amide bonds. The van der Waals surface area contributed by atoms with E-state index < -0.39 is 16.6 Å². The van der Waals surface area contributed by atoms with Gasteiger partial charge in [0.2, 0.25) is 10.0 Å². The summed E-state index contributed by atoms with van der Waals surface area (Å²) in [4.78, 5) is 4.34. The zero-order valence-electron chi connectivity index (χ0n) is 14.3. The number of hydrogen-bond donors (Lipinski definition) is 1. The molecule has 0 spiro atoms. The molecule has 0 fully saturated rings. The number of thiazole rings is 1. The number of nitrogens with zero attached hydrogens (tertiary/aromatic N) is 1. The van der Waals surface area contributed by atoms with Crippen LogP contribution in [0.3, 0.4) is 0 Å². The first-order valence-corrected chi connectivity index (χ1v) is 10.8. The molecule has 5 nitrogen and oxygen atoms in total. The van der Waals surface area contributed by atoms with Crippen LogP contribution in [0.15, 0.2) is 58.8 Å². The zero-order chi connectivity index (χ0) is 20.1. The maximum Gasteiger partial charge on any atom is 0.387 e. The first-order valence-electron chi connectivity index (χ1n) is 8.08. The quantitative estimate of drug-likeness (QED) is 0.552. The maximum atomic E-state index is 12.3. The van der Waals surface area contributed by atoms with Crippen LogP contribution in [0.1, 0.15) is 5.01 Å². The van der Waals surface area contributed by atoms with Crippen molar-refractivity contribution in [2.24, 2.45) is 0 Å². The van der Waals surface area contributed by atoms with Crippen molar-refractivity contribution in [2.75, 3.05) is 6.54 Å². The molecule has 0 unspecified atom stereocenters. The number of ether oxygens (including phenoxy) is 1. The Bertz CT molecular complexity index is 1040. The van der Waals surface area contributed by atoms with E-state index in [1.807, 2.05) is 17.5 Å². The van der Waals surface area contributed by atoms with Crippen LogP contribution in [0.4, 0.5) is 8.78 Å². The van der Waals surface area contributed by atoms with Crippen molar-refractivity contribution in [3.05, 3.63) is 63.9 Å². The number of nitrogens with one attached hydrogen (secondary N) is 1. The number of sulfonamides is 1. The van der Waals surface area contributed by atoms with E-state index in [4.69, 9.17) is 11.6 Å². The molecule has 0 radical (unpaired) electrons. The van der Waals surface area contributed by atoms with Crippen molar-refractivity contribution in [3.8, 4) is 17.0 Å². The highest BCUT2D eigenvalue weighted by Gasteiger charge is 2.16. The van der Waals surface area contributed by atoms with Gasteiger partial charge in [0.1, 0.15) is 5.75 Å². The van der Waals surface area contributed by atoms with Crippen molar-refractivity contribution in [2.45, 2.75) is 17.9 Å². The van der Waals surface area contributed by atoms with Crippen LogP contribution in [0, 0.1) is 0 Å². The third kappa shape index (κ3) is 5.48. The van der Waals surface area contributed by atoms with Gasteiger partial charge >= 0.3 is 6.61 Å². The van der Waals surface area contributed by atoms with Gasteiger partial charge in [-0.1, -0.05) is 29.8 Å². The standard InChI is InChI=1S/C18H15ClF2N2O3S2/c19-13-6-4-12(5-7-13)16-11-27-17(23-16)8-9-22-28(24,25)15-3-1-2-14(10-15)26-18(20)21/h1-7,10-11,18,22H,8-9H2. The Hall–Kier alpha value is -2.07. The third-order valence-electron chi connectivity index (χ3n) is 3.66. The average Bonchev–Trinajstić information content (AvgIpc) is 3.11. The molecule has 0 aliphatic carbocycles. The first-order chi connectivity index (χ1) is 13.3. The lowest BCUT2D eigenvalue weighted by Gasteiger charge is -2.08. The van der Waals surface area contributed by atoms with Gasteiger partial charge in [-0.25, -0.2) is 18.1 Å². The van der Waals surface area contributed by atoms with Crippen molar-refractivity contribution in [1.82, 2.24) is 9.71 Å². The molecular formula is C18H15ClF2N2O3S2. The maximum absolute atomic E-state index is 12.3. The Balaban J connectivity index is 1.61. The molecule has 0 bridgehead atoms. The number of aromatic nitrogens is 1. The molecule has 0 saturated carbocycles. The minimum Gasteiger partial charge on any atom is -0.435 e. The van der Waals surface area contributed by atoms with E-state index in [1.165, 1.54) is 29.5 Å². The van der Waals surface area contributed by atoms with Crippen LogP contribution in [-0.2, 0) is 16.4 Å². The summed E-state index contributed by atoms with van der Waals surface area (Å²) in [6.45, 7) is -2.90. The van der Waals surface area contributed by atoms with Gasteiger partial charge in [-0.15, -0.1) is 11.3 Å². The van der Waals surface area contributed by atoms with Crippen LogP contribution in [0.2, 0.25) is 5.02 Å². The van der Waals surface area contributed by atoms with Gasteiger partial charge in [0.05, 0.1) is 15.6 Å². The molecule has 1 N–H and O–H groups in total. The molecule has 3 rings (SSSR count). The number of benzene rings is 2. The van der Waals surface area contributed by atoms with Crippen LogP contribution >= 0.6 is 22.9 Å². The van der Waals surface area contributed by atoms with Gasteiger partial charge in [0, 0.05) is 35.0 Å². The van der Waals surface area contributed by atoms with Gasteiger partial charge in [0.25, 0.3) is 0 Å². The van der Waals surface area contributed by atoms with Crippen LogP contribution in [0.5, 0.6) is 5.75 Å². The van der Waals surface area contributed by atoms with Crippen molar-refractivity contribution in [3.63, 3.8) is 0 Å². The molecule has 0 aliphatic rings. The third-order valence-corrected chi connectivity index (χ3v) is 6.28. The van der Waals surface area contributed by atoms with E-state index in [2.05, 4.69) is 14.4 Å². The molecule has 2 aromatic carbocycles.